The molecule has 0 bridgehead atoms. The van der Waals surface area contributed by atoms with Crippen LogP contribution in [0.2, 0.25) is 0 Å². The third-order valence-corrected chi connectivity index (χ3v) is 4.09. The van der Waals surface area contributed by atoms with E-state index in [2.05, 4.69) is 0 Å². The molecule has 102 valence electrons. The highest BCUT2D eigenvalue weighted by atomic mass is 127. The monoisotopic (exact) mass is 377 g/mol. The molecule has 4 nitrogen and oxygen atoms in total. The van der Waals surface area contributed by atoms with Gasteiger partial charge in [0.05, 0.1) is 0 Å². The summed E-state index contributed by atoms with van der Waals surface area (Å²) < 4.78 is 13.9. The number of piperidine rings is 1. The molecule has 1 aliphatic heterocycles. The van der Waals surface area contributed by atoms with E-state index in [1.54, 1.807) is 0 Å². The van der Waals surface area contributed by atoms with Crippen LogP contribution in [0, 0.1) is 9.39 Å². The van der Waals surface area contributed by atoms with Crippen molar-refractivity contribution in [1.82, 2.24) is 4.90 Å². The number of hydrogen-bond acceptors (Lipinski definition) is 2. The SMILES string of the molecule is O=C(O)C1CCCCN1C(=O)c1ccc(I)c(F)c1. The lowest BCUT2D eigenvalue weighted by atomic mass is 10.0. The molecule has 1 atom stereocenters. The van der Waals surface area contributed by atoms with Crippen LogP contribution in [0.5, 0.6) is 0 Å². The largest absolute Gasteiger partial charge is 0.480 e. The highest BCUT2D eigenvalue weighted by Crippen LogP contribution is 2.21. The Labute approximate surface area is 123 Å². The van der Waals surface area contributed by atoms with Gasteiger partial charge in [-0.25, -0.2) is 9.18 Å². The minimum Gasteiger partial charge on any atom is -0.480 e. The lowest BCUT2D eigenvalue weighted by molar-refractivity contribution is -0.143. The van der Waals surface area contributed by atoms with Gasteiger partial charge in [-0.1, -0.05) is 0 Å². The van der Waals surface area contributed by atoms with E-state index >= 15 is 0 Å². The molecule has 1 amide bonds. The molecule has 2 rings (SSSR count). The summed E-state index contributed by atoms with van der Waals surface area (Å²) in [7, 11) is 0. The van der Waals surface area contributed by atoms with Crippen molar-refractivity contribution in [3.63, 3.8) is 0 Å². The quantitative estimate of drug-likeness (QED) is 0.806. The summed E-state index contributed by atoms with van der Waals surface area (Å²) in [6.07, 6.45) is 2.03. The molecule has 0 radical (unpaired) electrons. The van der Waals surface area contributed by atoms with Gasteiger partial charge in [-0.2, -0.15) is 0 Å². The van der Waals surface area contributed by atoms with E-state index < -0.39 is 23.7 Å². The second-order valence-electron chi connectivity index (χ2n) is 4.48. The first-order chi connectivity index (χ1) is 9.00. The van der Waals surface area contributed by atoms with Crippen molar-refractivity contribution >= 4 is 34.5 Å². The predicted octanol–water partition coefficient (Wildman–Crippen LogP) is 2.51. The van der Waals surface area contributed by atoms with Crippen LogP contribution in [-0.4, -0.2) is 34.5 Å². The Morgan fingerprint density at radius 3 is 2.74 bits per heavy atom. The number of carbonyl (C=O) groups is 2. The highest BCUT2D eigenvalue weighted by Gasteiger charge is 2.32. The molecular weight excluding hydrogens is 364 g/mol. The second-order valence-corrected chi connectivity index (χ2v) is 5.64. The normalized spacial score (nSPS) is 19.3. The maximum atomic E-state index is 13.5. The summed E-state index contributed by atoms with van der Waals surface area (Å²) >= 11 is 1.84. The van der Waals surface area contributed by atoms with E-state index in [1.165, 1.54) is 17.0 Å². The second kappa shape index (κ2) is 5.85. The average Bonchev–Trinajstić information content (AvgIpc) is 2.41. The smallest absolute Gasteiger partial charge is 0.326 e. The van der Waals surface area contributed by atoms with Crippen LogP contribution in [0.3, 0.4) is 0 Å². The van der Waals surface area contributed by atoms with Crippen LogP contribution in [0.4, 0.5) is 4.39 Å². The number of halogens is 2. The third kappa shape index (κ3) is 3.05. The molecule has 1 aromatic carbocycles. The van der Waals surface area contributed by atoms with E-state index in [9.17, 15) is 14.0 Å². The molecule has 1 heterocycles. The summed E-state index contributed by atoms with van der Waals surface area (Å²) in [6.45, 7) is 0.406. The average molecular weight is 377 g/mol. The van der Waals surface area contributed by atoms with Crippen LogP contribution in [0.25, 0.3) is 0 Å². The Balaban J connectivity index is 2.26. The summed E-state index contributed by atoms with van der Waals surface area (Å²) in [5, 5.41) is 9.13. The maximum Gasteiger partial charge on any atom is 0.326 e. The van der Waals surface area contributed by atoms with Gasteiger partial charge in [-0.3, -0.25) is 4.79 Å². The number of likely N-dealkylation sites (tertiary alicyclic amines) is 1. The molecule has 0 aliphatic carbocycles. The van der Waals surface area contributed by atoms with E-state index in [0.717, 1.165) is 18.9 Å². The van der Waals surface area contributed by atoms with Crippen molar-refractivity contribution in [3.05, 3.63) is 33.1 Å². The molecule has 0 saturated carbocycles. The van der Waals surface area contributed by atoms with Gasteiger partial charge in [0.1, 0.15) is 11.9 Å². The first kappa shape index (κ1) is 14.2. The molecule has 1 unspecified atom stereocenters. The Bertz CT molecular complexity index is 521. The van der Waals surface area contributed by atoms with Gasteiger partial charge in [0, 0.05) is 15.7 Å². The zero-order valence-corrected chi connectivity index (χ0v) is 12.3. The number of aliphatic carboxylic acids is 1. The topological polar surface area (TPSA) is 57.6 Å². The number of carboxylic acids is 1. The Hall–Kier alpha value is -1.18. The first-order valence-electron chi connectivity index (χ1n) is 5.99. The number of carboxylic acid groups (broad SMARTS) is 1. The summed E-state index contributed by atoms with van der Waals surface area (Å²) in [5.74, 6) is -1.88. The lowest BCUT2D eigenvalue weighted by Crippen LogP contribution is -2.48. The Morgan fingerprint density at radius 2 is 2.11 bits per heavy atom. The van der Waals surface area contributed by atoms with Crippen LogP contribution < -0.4 is 0 Å². The van der Waals surface area contributed by atoms with Gasteiger partial charge in [0.25, 0.3) is 5.91 Å². The van der Waals surface area contributed by atoms with Crippen molar-refractivity contribution in [2.75, 3.05) is 6.54 Å². The number of benzene rings is 1. The molecule has 1 fully saturated rings. The summed E-state index contributed by atoms with van der Waals surface area (Å²) in [4.78, 5) is 24.8. The van der Waals surface area contributed by atoms with Crippen molar-refractivity contribution in [1.29, 1.82) is 0 Å². The Kier molecular flexibility index (Phi) is 4.38. The van der Waals surface area contributed by atoms with Crippen molar-refractivity contribution < 1.29 is 19.1 Å². The van der Waals surface area contributed by atoms with E-state index in [-0.39, 0.29) is 5.56 Å². The minimum absolute atomic E-state index is 0.200. The van der Waals surface area contributed by atoms with Crippen LogP contribution in [-0.2, 0) is 4.79 Å². The van der Waals surface area contributed by atoms with Crippen LogP contribution >= 0.6 is 22.6 Å². The number of hydrogen-bond donors (Lipinski definition) is 1. The molecule has 0 aromatic heterocycles. The van der Waals surface area contributed by atoms with Gasteiger partial charge < -0.3 is 10.0 Å². The molecule has 1 N–H and O–H groups in total. The van der Waals surface area contributed by atoms with E-state index in [0.29, 0.717) is 16.5 Å². The van der Waals surface area contributed by atoms with Crippen molar-refractivity contribution in [3.8, 4) is 0 Å². The molecule has 1 aromatic rings. The van der Waals surface area contributed by atoms with Gasteiger partial charge in [-0.15, -0.1) is 0 Å². The standard InChI is InChI=1S/C13H13FINO3/c14-9-7-8(4-5-10(9)15)12(17)16-6-2-1-3-11(16)13(18)19/h4-5,7,11H,1-3,6H2,(H,18,19). The predicted molar refractivity (Wildman–Crippen MR) is 75.4 cm³/mol. The zero-order chi connectivity index (χ0) is 14.0. The first-order valence-corrected chi connectivity index (χ1v) is 7.07. The fourth-order valence-corrected chi connectivity index (χ4v) is 2.56. The van der Waals surface area contributed by atoms with Crippen LogP contribution in [0.1, 0.15) is 29.6 Å². The van der Waals surface area contributed by atoms with Gasteiger partial charge in [0.2, 0.25) is 0 Å². The molecule has 6 heteroatoms. The van der Waals surface area contributed by atoms with Crippen molar-refractivity contribution in [2.45, 2.75) is 25.3 Å². The zero-order valence-electron chi connectivity index (χ0n) is 10.1. The number of amides is 1. The molecule has 0 spiro atoms. The van der Waals surface area contributed by atoms with E-state index in [4.69, 9.17) is 5.11 Å². The number of rotatable bonds is 2. The third-order valence-electron chi connectivity index (χ3n) is 3.22. The molecule has 1 saturated heterocycles. The molecular formula is C13H13FINO3. The summed E-state index contributed by atoms with van der Waals surface area (Å²) in [6, 6.07) is 3.41. The lowest BCUT2D eigenvalue weighted by Gasteiger charge is -2.33. The fourth-order valence-electron chi connectivity index (χ4n) is 2.23. The highest BCUT2D eigenvalue weighted by molar-refractivity contribution is 14.1. The number of carbonyl (C=O) groups excluding carboxylic acids is 1. The molecule has 1 aliphatic rings. The summed E-state index contributed by atoms with van der Waals surface area (Å²) in [5.41, 5.74) is 0.200. The maximum absolute atomic E-state index is 13.5. The van der Waals surface area contributed by atoms with Gasteiger partial charge in [-0.05, 0) is 60.1 Å². The van der Waals surface area contributed by atoms with Gasteiger partial charge in [0.15, 0.2) is 0 Å². The van der Waals surface area contributed by atoms with Crippen LogP contribution in [0.15, 0.2) is 18.2 Å². The van der Waals surface area contributed by atoms with E-state index in [1.807, 2.05) is 22.6 Å². The van der Waals surface area contributed by atoms with Crippen molar-refractivity contribution in [2.24, 2.45) is 0 Å². The molecule has 19 heavy (non-hydrogen) atoms. The minimum atomic E-state index is -1.00. The fraction of sp³-hybridized carbons (Fsp3) is 0.385. The Morgan fingerprint density at radius 1 is 1.37 bits per heavy atom. The van der Waals surface area contributed by atoms with Gasteiger partial charge >= 0.3 is 5.97 Å². The number of nitrogens with zero attached hydrogens (tertiary/aromatic N) is 1.